The number of aliphatic hydroxyl groups excluding tert-OH is 1. The number of carbonyl (C=O) groups excluding carboxylic acids is 1. The first-order valence-electron chi connectivity index (χ1n) is 9.23. The second-order valence-corrected chi connectivity index (χ2v) is 8.74. The summed E-state index contributed by atoms with van der Waals surface area (Å²) in [5.74, 6) is 0.708. The van der Waals surface area contributed by atoms with Crippen molar-refractivity contribution < 1.29 is 14.6 Å². The van der Waals surface area contributed by atoms with Crippen LogP contribution < -0.4 is 0 Å². The molecule has 2 rings (SSSR count). The molecule has 2 saturated carbocycles. The van der Waals surface area contributed by atoms with Crippen molar-refractivity contribution in [3.8, 4) is 0 Å². The lowest BCUT2D eigenvalue weighted by molar-refractivity contribution is -0.134. The topological polar surface area (TPSA) is 46.5 Å². The normalized spacial score (nSPS) is 36.2. The van der Waals surface area contributed by atoms with Crippen molar-refractivity contribution in [2.75, 3.05) is 7.11 Å². The predicted molar refractivity (Wildman–Crippen MR) is 97.5 cm³/mol. The van der Waals surface area contributed by atoms with Crippen LogP contribution in [0.15, 0.2) is 23.8 Å². The van der Waals surface area contributed by atoms with Gasteiger partial charge in [-0.05, 0) is 68.1 Å². The highest BCUT2D eigenvalue weighted by Crippen LogP contribution is 2.61. The molecule has 3 heteroatoms. The SMILES string of the molecule is C=C1CCC2C(C)(C)C(O)CCC2(C)C1CCC(C)=CC(=O)OC. The van der Waals surface area contributed by atoms with E-state index in [1.165, 1.54) is 12.7 Å². The van der Waals surface area contributed by atoms with Gasteiger partial charge in [0.25, 0.3) is 0 Å². The first-order valence-corrected chi connectivity index (χ1v) is 9.23. The fraction of sp³-hybridized carbons (Fsp3) is 0.762. The lowest BCUT2D eigenvalue weighted by Gasteiger charge is -2.59. The monoisotopic (exact) mass is 334 g/mol. The molecule has 136 valence electrons. The summed E-state index contributed by atoms with van der Waals surface area (Å²) in [5.41, 5.74) is 2.58. The molecule has 0 saturated heterocycles. The van der Waals surface area contributed by atoms with E-state index < -0.39 is 0 Å². The van der Waals surface area contributed by atoms with Gasteiger partial charge in [0.2, 0.25) is 0 Å². The summed E-state index contributed by atoms with van der Waals surface area (Å²) in [7, 11) is 1.41. The molecule has 24 heavy (non-hydrogen) atoms. The molecule has 0 bridgehead atoms. The average Bonchev–Trinajstić information content (AvgIpc) is 2.50. The van der Waals surface area contributed by atoms with E-state index in [4.69, 9.17) is 4.74 Å². The number of fused-ring (bicyclic) bond motifs is 1. The molecule has 0 aliphatic heterocycles. The number of esters is 1. The summed E-state index contributed by atoms with van der Waals surface area (Å²) >= 11 is 0. The third kappa shape index (κ3) is 3.46. The number of rotatable bonds is 4. The average molecular weight is 335 g/mol. The summed E-state index contributed by atoms with van der Waals surface area (Å²) in [6.07, 6.45) is 7.44. The highest BCUT2D eigenvalue weighted by atomic mass is 16.5. The Balaban J connectivity index is 2.17. The first-order chi connectivity index (χ1) is 11.1. The Morgan fingerprint density at radius 3 is 2.67 bits per heavy atom. The van der Waals surface area contributed by atoms with E-state index >= 15 is 0 Å². The van der Waals surface area contributed by atoms with Crippen LogP contribution in [0.1, 0.15) is 66.2 Å². The van der Waals surface area contributed by atoms with Crippen molar-refractivity contribution in [3.63, 3.8) is 0 Å². The zero-order valence-corrected chi connectivity index (χ0v) is 16.0. The molecule has 0 spiro atoms. The van der Waals surface area contributed by atoms with Crippen molar-refractivity contribution in [1.82, 2.24) is 0 Å². The van der Waals surface area contributed by atoms with E-state index in [2.05, 4.69) is 27.4 Å². The molecular weight excluding hydrogens is 300 g/mol. The number of methoxy groups -OCH3 is 1. The van der Waals surface area contributed by atoms with Gasteiger partial charge >= 0.3 is 5.97 Å². The van der Waals surface area contributed by atoms with E-state index in [9.17, 15) is 9.90 Å². The van der Waals surface area contributed by atoms with E-state index in [1.807, 2.05) is 6.92 Å². The van der Waals surface area contributed by atoms with Crippen molar-refractivity contribution in [2.45, 2.75) is 72.3 Å². The van der Waals surface area contributed by atoms with Crippen molar-refractivity contribution >= 4 is 5.97 Å². The zero-order valence-electron chi connectivity index (χ0n) is 16.0. The Kier molecular flexibility index (Phi) is 5.64. The van der Waals surface area contributed by atoms with E-state index in [1.54, 1.807) is 6.08 Å². The molecule has 0 aromatic rings. The summed E-state index contributed by atoms with van der Waals surface area (Å²) < 4.78 is 4.72. The molecule has 0 radical (unpaired) electrons. The molecule has 3 nitrogen and oxygen atoms in total. The van der Waals surface area contributed by atoms with Crippen LogP contribution in [0.4, 0.5) is 0 Å². The van der Waals surface area contributed by atoms with Crippen LogP contribution in [0, 0.1) is 22.7 Å². The van der Waals surface area contributed by atoms with Gasteiger partial charge in [0.05, 0.1) is 13.2 Å². The molecule has 2 fully saturated rings. The molecule has 1 N–H and O–H groups in total. The Labute approximate surface area is 147 Å². The Morgan fingerprint density at radius 1 is 1.38 bits per heavy atom. The smallest absolute Gasteiger partial charge is 0.330 e. The number of carbonyl (C=O) groups is 1. The van der Waals surface area contributed by atoms with Gasteiger partial charge in [-0.1, -0.05) is 38.5 Å². The summed E-state index contributed by atoms with van der Waals surface area (Å²) in [5, 5.41) is 10.5. The van der Waals surface area contributed by atoms with E-state index in [-0.39, 0.29) is 22.9 Å². The van der Waals surface area contributed by atoms with Crippen LogP contribution >= 0.6 is 0 Å². The largest absolute Gasteiger partial charge is 0.466 e. The van der Waals surface area contributed by atoms with Gasteiger partial charge in [0.1, 0.15) is 0 Å². The summed E-state index contributed by atoms with van der Waals surface area (Å²) in [6.45, 7) is 13.2. The third-order valence-corrected chi connectivity index (χ3v) is 6.95. The van der Waals surface area contributed by atoms with Crippen LogP contribution in [0.25, 0.3) is 0 Å². The fourth-order valence-electron chi connectivity index (χ4n) is 5.40. The van der Waals surface area contributed by atoms with Gasteiger partial charge in [0, 0.05) is 6.08 Å². The fourth-order valence-corrected chi connectivity index (χ4v) is 5.40. The van der Waals surface area contributed by atoms with Crippen molar-refractivity contribution in [2.24, 2.45) is 22.7 Å². The van der Waals surface area contributed by atoms with Crippen LogP contribution in [-0.4, -0.2) is 24.3 Å². The summed E-state index contributed by atoms with van der Waals surface area (Å²) in [4.78, 5) is 11.4. The van der Waals surface area contributed by atoms with Crippen LogP contribution in [0.3, 0.4) is 0 Å². The third-order valence-electron chi connectivity index (χ3n) is 6.95. The van der Waals surface area contributed by atoms with Crippen LogP contribution in [0.2, 0.25) is 0 Å². The van der Waals surface area contributed by atoms with Gasteiger partial charge in [0.15, 0.2) is 0 Å². The Bertz CT molecular complexity index is 531. The molecule has 2 aliphatic carbocycles. The highest BCUT2D eigenvalue weighted by Gasteiger charge is 2.55. The number of hydrogen-bond acceptors (Lipinski definition) is 3. The van der Waals surface area contributed by atoms with Crippen LogP contribution in [-0.2, 0) is 9.53 Å². The molecule has 0 amide bonds. The standard InChI is InChI=1S/C21H34O3/c1-14(13-19(23)24-6)7-9-16-15(2)8-10-17-20(3,4)18(22)11-12-21(16,17)5/h13,16-18,22H,2,7-12H2,1,3-6H3. The van der Waals surface area contributed by atoms with Crippen molar-refractivity contribution in [1.29, 1.82) is 0 Å². The van der Waals surface area contributed by atoms with Gasteiger partial charge in [-0.3, -0.25) is 0 Å². The number of allylic oxidation sites excluding steroid dienone is 2. The molecule has 4 atom stereocenters. The minimum Gasteiger partial charge on any atom is -0.466 e. The lowest BCUT2D eigenvalue weighted by Crippen LogP contribution is -2.54. The molecule has 0 aromatic carbocycles. The predicted octanol–water partition coefficient (Wildman–Crippen LogP) is 4.66. The minimum atomic E-state index is -0.277. The molecule has 4 unspecified atom stereocenters. The Morgan fingerprint density at radius 2 is 2.04 bits per heavy atom. The molecule has 0 aromatic heterocycles. The lowest BCUT2D eigenvalue weighted by atomic mass is 9.46. The second-order valence-electron chi connectivity index (χ2n) is 8.74. The second kappa shape index (κ2) is 7.03. The zero-order chi connectivity index (χ0) is 18.1. The van der Waals surface area contributed by atoms with Gasteiger partial charge in [-0.25, -0.2) is 4.79 Å². The number of aliphatic hydroxyl groups is 1. The van der Waals surface area contributed by atoms with E-state index in [0.29, 0.717) is 11.8 Å². The minimum absolute atomic E-state index is 0.0388. The summed E-state index contributed by atoms with van der Waals surface area (Å²) in [6, 6.07) is 0. The highest BCUT2D eigenvalue weighted by molar-refractivity contribution is 5.82. The van der Waals surface area contributed by atoms with Crippen molar-refractivity contribution in [3.05, 3.63) is 23.8 Å². The van der Waals surface area contributed by atoms with Gasteiger partial charge < -0.3 is 9.84 Å². The maximum Gasteiger partial charge on any atom is 0.330 e. The van der Waals surface area contributed by atoms with Gasteiger partial charge in [-0.15, -0.1) is 0 Å². The quantitative estimate of drug-likeness (QED) is 0.462. The number of ether oxygens (including phenoxy) is 1. The maximum atomic E-state index is 11.4. The van der Waals surface area contributed by atoms with Gasteiger partial charge in [-0.2, -0.15) is 0 Å². The Hall–Kier alpha value is -1.09. The van der Waals surface area contributed by atoms with E-state index in [0.717, 1.165) is 44.1 Å². The molecular formula is C21H34O3. The maximum absolute atomic E-state index is 11.4. The van der Waals surface area contributed by atoms with Crippen LogP contribution in [0.5, 0.6) is 0 Å². The first kappa shape index (κ1) is 19.2. The number of hydrogen-bond donors (Lipinski definition) is 1. The molecule has 0 heterocycles. The molecule has 2 aliphatic rings.